The standard InChI is InChI=1S/C12H9FN2O3/c13-10-3-4-12(11(6-10)15(16)17)18-8-9-2-1-5-14-7-9/h1-7H,8H2. The van der Waals surface area contributed by atoms with Crippen molar-refractivity contribution in [1.29, 1.82) is 0 Å². The molecule has 18 heavy (non-hydrogen) atoms. The molecule has 0 saturated heterocycles. The summed E-state index contributed by atoms with van der Waals surface area (Å²) in [5.74, 6) is -0.638. The molecule has 0 aliphatic carbocycles. The molecule has 0 aliphatic heterocycles. The normalized spacial score (nSPS) is 10.1. The van der Waals surface area contributed by atoms with Crippen LogP contribution < -0.4 is 4.74 Å². The second-order valence-electron chi connectivity index (χ2n) is 3.52. The van der Waals surface area contributed by atoms with E-state index < -0.39 is 10.7 Å². The molecule has 6 heteroatoms. The molecule has 92 valence electrons. The minimum absolute atomic E-state index is 0.0326. The van der Waals surface area contributed by atoms with Gasteiger partial charge in [-0.1, -0.05) is 6.07 Å². The number of nitro benzene ring substituents is 1. The molecule has 1 aromatic heterocycles. The lowest BCUT2D eigenvalue weighted by molar-refractivity contribution is -0.386. The first-order chi connectivity index (χ1) is 8.66. The molecule has 0 radical (unpaired) electrons. The van der Waals surface area contributed by atoms with Gasteiger partial charge in [0, 0.05) is 18.0 Å². The summed E-state index contributed by atoms with van der Waals surface area (Å²) in [6.45, 7) is 0.139. The number of rotatable bonds is 4. The number of aromatic nitrogens is 1. The number of pyridine rings is 1. The number of benzene rings is 1. The summed E-state index contributed by atoms with van der Waals surface area (Å²) >= 11 is 0. The maximum absolute atomic E-state index is 12.9. The van der Waals surface area contributed by atoms with E-state index in [9.17, 15) is 14.5 Å². The van der Waals surface area contributed by atoms with Crippen molar-refractivity contribution in [2.45, 2.75) is 6.61 Å². The monoisotopic (exact) mass is 248 g/mol. The Kier molecular flexibility index (Phi) is 3.47. The van der Waals surface area contributed by atoms with Gasteiger partial charge < -0.3 is 4.74 Å². The van der Waals surface area contributed by atoms with E-state index >= 15 is 0 Å². The Morgan fingerprint density at radius 1 is 1.39 bits per heavy atom. The van der Waals surface area contributed by atoms with Gasteiger partial charge in [0.1, 0.15) is 12.4 Å². The van der Waals surface area contributed by atoms with E-state index in [-0.39, 0.29) is 18.0 Å². The van der Waals surface area contributed by atoms with E-state index in [0.29, 0.717) is 0 Å². The average molecular weight is 248 g/mol. The third-order valence-electron chi connectivity index (χ3n) is 2.23. The molecule has 0 atom stereocenters. The zero-order chi connectivity index (χ0) is 13.0. The fourth-order valence-corrected chi connectivity index (χ4v) is 1.40. The van der Waals surface area contributed by atoms with Crippen LogP contribution in [0.25, 0.3) is 0 Å². The van der Waals surface area contributed by atoms with E-state index in [2.05, 4.69) is 4.98 Å². The zero-order valence-corrected chi connectivity index (χ0v) is 9.25. The summed E-state index contributed by atoms with van der Waals surface area (Å²) in [7, 11) is 0. The molecule has 2 rings (SSSR count). The molecule has 0 unspecified atom stereocenters. The molecule has 0 N–H and O–H groups in total. The Labute approximate surface area is 102 Å². The Bertz CT molecular complexity index is 561. The van der Waals surface area contributed by atoms with Crippen LogP contribution >= 0.6 is 0 Å². The third kappa shape index (κ3) is 2.79. The van der Waals surface area contributed by atoms with Gasteiger partial charge in [-0.2, -0.15) is 0 Å². The van der Waals surface area contributed by atoms with Crippen LogP contribution in [-0.4, -0.2) is 9.91 Å². The van der Waals surface area contributed by atoms with E-state index in [1.54, 1.807) is 24.5 Å². The van der Waals surface area contributed by atoms with Crippen molar-refractivity contribution in [1.82, 2.24) is 4.98 Å². The summed E-state index contributed by atoms with van der Waals surface area (Å²) in [4.78, 5) is 13.9. The summed E-state index contributed by atoms with van der Waals surface area (Å²) < 4.78 is 18.2. The smallest absolute Gasteiger partial charge is 0.313 e. The van der Waals surface area contributed by atoms with Crippen LogP contribution in [-0.2, 0) is 6.61 Å². The zero-order valence-electron chi connectivity index (χ0n) is 9.25. The SMILES string of the molecule is O=[N+]([O-])c1cc(F)ccc1OCc1cccnc1. The highest BCUT2D eigenvalue weighted by atomic mass is 19.1. The summed E-state index contributed by atoms with van der Waals surface area (Å²) in [6, 6.07) is 6.70. The van der Waals surface area contributed by atoms with Crippen LogP contribution in [0.3, 0.4) is 0 Å². The van der Waals surface area contributed by atoms with Gasteiger partial charge in [-0.15, -0.1) is 0 Å². The van der Waals surface area contributed by atoms with Crippen molar-refractivity contribution in [3.63, 3.8) is 0 Å². The van der Waals surface area contributed by atoms with E-state index in [0.717, 1.165) is 17.7 Å². The highest BCUT2D eigenvalue weighted by Gasteiger charge is 2.16. The summed E-state index contributed by atoms with van der Waals surface area (Å²) in [6.07, 6.45) is 3.21. The van der Waals surface area contributed by atoms with E-state index in [1.165, 1.54) is 6.07 Å². The molecule has 0 fully saturated rings. The van der Waals surface area contributed by atoms with Gasteiger partial charge in [0.25, 0.3) is 0 Å². The largest absolute Gasteiger partial charge is 0.482 e. The van der Waals surface area contributed by atoms with Gasteiger partial charge >= 0.3 is 5.69 Å². The lowest BCUT2D eigenvalue weighted by atomic mass is 10.3. The van der Waals surface area contributed by atoms with Crippen molar-refractivity contribution in [2.75, 3.05) is 0 Å². The molecule has 0 saturated carbocycles. The predicted octanol–water partition coefficient (Wildman–Crippen LogP) is 2.71. The minimum Gasteiger partial charge on any atom is -0.482 e. The van der Waals surface area contributed by atoms with Crippen molar-refractivity contribution in [3.05, 3.63) is 64.2 Å². The van der Waals surface area contributed by atoms with Gasteiger partial charge in [-0.05, 0) is 18.2 Å². The van der Waals surface area contributed by atoms with Crippen LogP contribution in [0, 0.1) is 15.9 Å². The van der Waals surface area contributed by atoms with Gasteiger partial charge in [0.2, 0.25) is 0 Å². The van der Waals surface area contributed by atoms with E-state index in [4.69, 9.17) is 4.74 Å². The molecule has 0 spiro atoms. The van der Waals surface area contributed by atoms with Crippen molar-refractivity contribution < 1.29 is 14.1 Å². The second kappa shape index (κ2) is 5.22. The summed E-state index contributed by atoms with van der Waals surface area (Å²) in [5.41, 5.74) is 0.384. The van der Waals surface area contributed by atoms with Gasteiger partial charge in [0.15, 0.2) is 5.75 Å². The highest BCUT2D eigenvalue weighted by molar-refractivity contribution is 5.46. The van der Waals surface area contributed by atoms with Crippen LogP contribution in [0.2, 0.25) is 0 Å². The first-order valence-electron chi connectivity index (χ1n) is 5.12. The molecule has 1 heterocycles. The number of hydrogen-bond acceptors (Lipinski definition) is 4. The fourth-order valence-electron chi connectivity index (χ4n) is 1.40. The third-order valence-corrected chi connectivity index (χ3v) is 2.23. The highest BCUT2D eigenvalue weighted by Crippen LogP contribution is 2.28. The summed E-state index contributed by atoms with van der Waals surface area (Å²) in [5, 5.41) is 10.7. The molecular formula is C12H9FN2O3. The number of nitrogens with zero attached hydrogens (tertiary/aromatic N) is 2. The topological polar surface area (TPSA) is 65.3 Å². The van der Waals surface area contributed by atoms with E-state index in [1.807, 2.05) is 0 Å². The Morgan fingerprint density at radius 3 is 2.89 bits per heavy atom. The molecule has 1 aromatic carbocycles. The number of ether oxygens (including phenoxy) is 1. The lowest BCUT2D eigenvalue weighted by Gasteiger charge is -2.06. The van der Waals surface area contributed by atoms with Gasteiger partial charge in [-0.25, -0.2) is 4.39 Å². The molecule has 0 bridgehead atoms. The molecule has 5 nitrogen and oxygen atoms in total. The first-order valence-corrected chi connectivity index (χ1v) is 5.12. The number of nitro groups is 1. The van der Waals surface area contributed by atoms with Gasteiger partial charge in [-0.3, -0.25) is 15.1 Å². The molecular weight excluding hydrogens is 239 g/mol. The molecule has 0 amide bonds. The van der Waals surface area contributed by atoms with Crippen LogP contribution in [0.15, 0.2) is 42.7 Å². The fraction of sp³-hybridized carbons (Fsp3) is 0.0833. The lowest BCUT2D eigenvalue weighted by Crippen LogP contribution is -1.99. The Hall–Kier alpha value is -2.50. The van der Waals surface area contributed by atoms with Crippen LogP contribution in [0.4, 0.5) is 10.1 Å². The number of halogens is 1. The average Bonchev–Trinajstić information content (AvgIpc) is 2.38. The van der Waals surface area contributed by atoms with Gasteiger partial charge in [0.05, 0.1) is 11.0 Å². The predicted molar refractivity (Wildman–Crippen MR) is 61.6 cm³/mol. The van der Waals surface area contributed by atoms with Crippen LogP contribution in [0.5, 0.6) is 5.75 Å². The van der Waals surface area contributed by atoms with Crippen molar-refractivity contribution in [3.8, 4) is 5.75 Å². The minimum atomic E-state index is -0.679. The second-order valence-corrected chi connectivity index (χ2v) is 3.52. The van der Waals surface area contributed by atoms with Crippen LogP contribution in [0.1, 0.15) is 5.56 Å². The maximum Gasteiger partial charge on any atom is 0.313 e. The van der Waals surface area contributed by atoms with Crippen molar-refractivity contribution in [2.24, 2.45) is 0 Å². The Morgan fingerprint density at radius 2 is 2.22 bits per heavy atom. The number of hydrogen-bond donors (Lipinski definition) is 0. The quantitative estimate of drug-likeness (QED) is 0.616. The van der Waals surface area contributed by atoms with Crippen molar-refractivity contribution >= 4 is 5.69 Å². The first kappa shape index (κ1) is 12.0. The molecule has 2 aromatic rings. The molecule has 0 aliphatic rings. The maximum atomic E-state index is 12.9. The Balaban J connectivity index is 2.17.